The van der Waals surface area contributed by atoms with Gasteiger partial charge >= 0.3 is 5.97 Å². The molecule has 1 aromatic heterocycles. The Labute approximate surface area is 172 Å². The molecule has 0 bridgehead atoms. The molecular formula is C20H22ClN3O5. The molecule has 3 rings (SSSR count). The van der Waals surface area contributed by atoms with Crippen molar-refractivity contribution in [2.45, 2.75) is 25.3 Å². The standard InChI is InChI=1S/C20H22ClN3O5/c21-16-11-18-14(19(25)15(20(26)27)12-24(18)13-2-3-13)10-17(16)23-5-7-29-9-8-28-6-1-4-22/h10-13,23H,1-3,5-9H2,(H,26,27). The van der Waals surface area contributed by atoms with E-state index in [0.717, 1.165) is 12.8 Å². The zero-order valence-corrected chi connectivity index (χ0v) is 16.6. The number of carboxylic acids is 1. The molecule has 1 aliphatic rings. The number of rotatable bonds is 11. The monoisotopic (exact) mass is 419 g/mol. The average Bonchev–Trinajstić information content (AvgIpc) is 3.52. The predicted molar refractivity (Wildman–Crippen MR) is 109 cm³/mol. The Hall–Kier alpha value is -2.60. The van der Waals surface area contributed by atoms with Crippen LogP contribution in [0.5, 0.6) is 0 Å². The van der Waals surface area contributed by atoms with Crippen molar-refractivity contribution in [3.63, 3.8) is 0 Å². The second-order valence-electron chi connectivity index (χ2n) is 6.72. The van der Waals surface area contributed by atoms with Gasteiger partial charge in [0, 0.05) is 24.2 Å². The highest BCUT2D eigenvalue weighted by Crippen LogP contribution is 2.38. The normalized spacial score (nSPS) is 13.4. The summed E-state index contributed by atoms with van der Waals surface area (Å²) in [4.78, 5) is 24.1. The molecular weight excluding hydrogens is 398 g/mol. The van der Waals surface area contributed by atoms with Crippen LogP contribution >= 0.6 is 11.6 Å². The van der Waals surface area contributed by atoms with Crippen LogP contribution in [0.4, 0.5) is 5.69 Å². The number of carbonyl (C=O) groups is 1. The number of benzene rings is 1. The lowest BCUT2D eigenvalue weighted by Crippen LogP contribution is -2.19. The maximum atomic E-state index is 12.6. The first-order valence-corrected chi connectivity index (χ1v) is 9.78. The molecule has 1 heterocycles. The fourth-order valence-electron chi connectivity index (χ4n) is 3.01. The third-order valence-corrected chi connectivity index (χ3v) is 4.90. The van der Waals surface area contributed by atoms with E-state index in [0.29, 0.717) is 61.0 Å². The highest BCUT2D eigenvalue weighted by Gasteiger charge is 2.27. The van der Waals surface area contributed by atoms with E-state index >= 15 is 0 Å². The van der Waals surface area contributed by atoms with Crippen molar-refractivity contribution in [1.29, 1.82) is 5.26 Å². The summed E-state index contributed by atoms with van der Waals surface area (Å²) in [5, 5.41) is 21.7. The number of pyridine rings is 1. The summed E-state index contributed by atoms with van der Waals surface area (Å²) < 4.78 is 12.5. The van der Waals surface area contributed by atoms with Crippen LogP contribution in [0.15, 0.2) is 23.1 Å². The molecule has 1 saturated carbocycles. The Morgan fingerprint density at radius 2 is 2.00 bits per heavy atom. The quantitative estimate of drug-likeness (QED) is 0.538. The number of hydrogen-bond donors (Lipinski definition) is 2. The van der Waals surface area contributed by atoms with Crippen molar-refractivity contribution in [3.05, 3.63) is 39.1 Å². The van der Waals surface area contributed by atoms with Gasteiger partial charge in [-0.2, -0.15) is 5.26 Å². The van der Waals surface area contributed by atoms with E-state index < -0.39 is 11.4 Å². The molecule has 0 saturated heterocycles. The van der Waals surface area contributed by atoms with Crippen molar-refractivity contribution >= 4 is 34.2 Å². The average molecular weight is 420 g/mol. The Kier molecular flexibility index (Phi) is 7.09. The van der Waals surface area contributed by atoms with E-state index in [4.69, 9.17) is 26.3 Å². The van der Waals surface area contributed by atoms with Gasteiger partial charge in [0.25, 0.3) is 0 Å². The Bertz CT molecular complexity index is 994. The van der Waals surface area contributed by atoms with E-state index in [9.17, 15) is 14.7 Å². The molecule has 8 nitrogen and oxygen atoms in total. The first kappa shape index (κ1) is 21.1. The lowest BCUT2D eigenvalue weighted by Gasteiger charge is -2.15. The van der Waals surface area contributed by atoms with E-state index in [-0.39, 0.29) is 11.6 Å². The zero-order chi connectivity index (χ0) is 20.8. The number of anilines is 1. The first-order chi connectivity index (χ1) is 14.0. The largest absolute Gasteiger partial charge is 0.477 e. The first-order valence-electron chi connectivity index (χ1n) is 9.41. The lowest BCUT2D eigenvalue weighted by molar-refractivity contribution is 0.0538. The Morgan fingerprint density at radius 3 is 2.66 bits per heavy atom. The second-order valence-corrected chi connectivity index (χ2v) is 7.13. The van der Waals surface area contributed by atoms with Gasteiger partial charge in [0.15, 0.2) is 0 Å². The highest BCUT2D eigenvalue weighted by molar-refractivity contribution is 6.34. The zero-order valence-electron chi connectivity index (χ0n) is 15.8. The van der Waals surface area contributed by atoms with Gasteiger partial charge in [0.1, 0.15) is 5.56 Å². The molecule has 1 aliphatic carbocycles. The number of aromatic nitrogens is 1. The van der Waals surface area contributed by atoms with Crippen molar-refractivity contribution in [1.82, 2.24) is 4.57 Å². The van der Waals surface area contributed by atoms with Crippen LogP contribution in [0.3, 0.4) is 0 Å². The molecule has 0 aliphatic heterocycles. The van der Waals surface area contributed by atoms with Gasteiger partial charge in [0.2, 0.25) is 5.43 Å². The van der Waals surface area contributed by atoms with Crippen LogP contribution in [-0.4, -0.2) is 48.6 Å². The number of halogens is 1. The molecule has 2 N–H and O–H groups in total. The van der Waals surface area contributed by atoms with Crippen LogP contribution in [0.25, 0.3) is 10.9 Å². The smallest absolute Gasteiger partial charge is 0.341 e. The summed E-state index contributed by atoms with van der Waals surface area (Å²) in [5.41, 5.74) is 0.436. The van der Waals surface area contributed by atoms with E-state index in [1.54, 1.807) is 12.1 Å². The van der Waals surface area contributed by atoms with E-state index in [2.05, 4.69) is 5.32 Å². The fourth-order valence-corrected chi connectivity index (χ4v) is 3.24. The molecule has 0 amide bonds. The number of ether oxygens (including phenoxy) is 2. The van der Waals surface area contributed by atoms with Gasteiger partial charge in [-0.1, -0.05) is 11.6 Å². The summed E-state index contributed by atoms with van der Waals surface area (Å²) in [5.74, 6) is -1.24. The third kappa shape index (κ3) is 5.26. The van der Waals surface area contributed by atoms with Crippen LogP contribution in [-0.2, 0) is 9.47 Å². The molecule has 2 aromatic rings. The van der Waals surface area contributed by atoms with Gasteiger partial charge in [-0.25, -0.2) is 4.79 Å². The summed E-state index contributed by atoms with van der Waals surface area (Å²) in [6, 6.07) is 5.51. The number of hydrogen-bond acceptors (Lipinski definition) is 6. The number of fused-ring (bicyclic) bond motifs is 1. The predicted octanol–water partition coefficient (Wildman–Crippen LogP) is 3.05. The molecule has 0 radical (unpaired) electrons. The third-order valence-electron chi connectivity index (χ3n) is 4.58. The topological polar surface area (TPSA) is 114 Å². The lowest BCUT2D eigenvalue weighted by atomic mass is 10.1. The van der Waals surface area contributed by atoms with E-state index in [1.807, 2.05) is 10.6 Å². The van der Waals surface area contributed by atoms with Crippen LogP contribution in [0, 0.1) is 11.3 Å². The summed E-state index contributed by atoms with van der Waals surface area (Å²) >= 11 is 6.38. The molecule has 1 fully saturated rings. The van der Waals surface area contributed by atoms with Gasteiger partial charge in [-0.3, -0.25) is 4.79 Å². The number of nitrogens with one attached hydrogen (secondary N) is 1. The molecule has 154 valence electrons. The molecule has 1 aromatic carbocycles. The molecule has 0 spiro atoms. The molecule has 29 heavy (non-hydrogen) atoms. The van der Waals surface area contributed by atoms with Gasteiger partial charge in [-0.15, -0.1) is 0 Å². The van der Waals surface area contributed by atoms with E-state index in [1.165, 1.54) is 6.20 Å². The second kappa shape index (κ2) is 9.74. The van der Waals surface area contributed by atoms with Gasteiger partial charge in [-0.05, 0) is 25.0 Å². The maximum Gasteiger partial charge on any atom is 0.341 e. The Morgan fingerprint density at radius 1 is 1.28 bits per heavy atom. The van der Waals surface area contributed by atoms with Crippen molar-refractivity contribution in [3.8, 4) is 6.07 Å². The summed E-state index contributed by atoms with van der Waals surface area (Å²) in [6.07, 6.45) is 3.67. The molecule has 0 unspecified atom stereocenters. The number of nitrogens with zero attached hydrogens (tertiary/aromatic N) is 2. The van der Waals surface area contributed by atoms with Gasteiger partial charge in [0.05, 0.1) is 55.1 Å². The van der Waals surface area contributed by atoms with Gasteiger partial charge < -0.3 is 24.5 Å². The van der Waals surface area contributed by atoms with Crippen molar-refractivity contribution < 1.29 is 19.4 Å². The maximum absolute atomic E-state index is 12.6. The highest BCUT2D eigenvalue weighted by atomic mass is 35.5. The molecule has 0 atom stereocenters. The van der Waals surface area contributed by atoms with Crippen molar-refractivity contribution in [2.75, 3.05) is 38.3 Å². The van der Waals surface area contributed by atoms with Crippen LogP contribution < -0.4 is 10.7 Å². The van der Waals surface area contributed by atoms with Crippen LogP contribution in [0.1, 0.15) is 35.7 Å². The minimum atomic E-state index is -1.24. The number of carboxylic acid groups (broad SMARTS) is 1. The summed E-state index contributed by atoms with van der Waals surface area (Å²) in [6.45, 7) is 2.07. The molecule has 9 heteroatoms. The van der Waals surface area contributed by atoms with Crippen molar-refractivity contribution in [2.24, 2.45) is 0 Å². The number of aromatic carboxylic acids is 1. The minimum absolute atomic E-state index is 0.204. The minimum Gasteiger partial charge on any atom is -0.477 e. The summed E-state index contributed by atoms with van der Waals surface area (Å²) in [7, 11) is 0. The Balaban J connectivity index is 1.67. The van der Waals surface area contributed by atoms with Crippen LogP contribution in [0.2, 0.25) is 5.02 Å². The SMILES string of the molecule is N#CCCOCCOCCNc1cc2c(=O)c(C(=O)O)cn(C3CC3)c2cc1Cl. The fraction of sp³-hybridized carbons (Fsp3) is 0.450. The number of nitriles is 1.